The number of carbonyl (C=O) groups excluding carboxylic acids is 1. The van der Waals surface area contributed by atoms with E-state index in [0.717, 1.165) is 10.9 Å². The Morgan fingerprint density at radius 2 is 2.12 bits per heavy atom. The maximum atomic E-state index is 11.6. The Morgan fingerprint density at radius 1 is 1.41 bits per heavy atom. The van der Waals surface area contributed by atoms with E-state index in [9.17, 15) is 4.79 Å². The number of hydrogen-bond donors (Lipinski definition) is 0. The maximum Gasteiger partial charge on any atom is 0.256 e. The summed E-state index contributed by atoms with van der Waals surface area (Å²) in [4.78, 5) is 16.0. The molecule has 0 saturated carbocycles. The van der Waals surface area contributed by atoms with E-state index in [0.29, 0.717) is 23.6 Å². The molecule has 1 aromatic carbocycles. The third-order valence-electron chi connectivity index (χ3n) is 2.50. The Labute approximate surface area is 104 Å². The first-order valence-corrected chi connectivity index (χ1v) is 5.75. The van der Waals surface area contributed by atoms with Crippen molar-refractivity contribution in [3.05, 3.63) is 35.5 Å². The summed E-state index contributed by atoms with van der Waals surface area (Å²) < 4.78 is 5.47. The number of pyridine rings is 1. The van der Waals surface area contributed by atoms with Crippen LogP contribution in [0.2, 0.25) is 0 Å². The van der Waals surface area contributed by atoms with Gasteiger partial charge in [0, 0.05) is 5.39 Å². The molecule has 3 nitrogen and oxygen atoms in total. The van der Waals surface area contributed by atoms with Crippen LogP contribution < -0.4 is 4.74 Å². The molecule has 1 aromatic heterocycles. The van der Waals surface area contributed by atoms with Gasteiger partial charge in [0.15, 0.2) is 5.75 Å². The number of fused-ring (bicyclic) bond motifs is 1. The zero-order valence-electron chi connectivity index (χ0n) is 9.66. The minimum absolute atomic E-state index is 0.400. The number of halogens is 1. The standard InChI is InChI=1S/C13H12ClNO2/c1-3-17-12-8(2)15-10-7-5-4-6-9(10)11(12)13(14)16/h4-7H,3H2,1-2H3. The molecule has 1 heterocycles. The van der Waals surface area contributed by atoms with E-state index in [-0.39, 0.29) is 0 Å². The number of benzene rings is 1. The molecule has 88 valence electrons. The second-order valence-electron chi connectivity index (χ2n) is 3.63. The lowest BCUT2D eigenvalue weighted by Gasteiger charge is -2.12. The number of aryl methyl sites for hydroxylation is 1. The first kappa shape index (κ1) is 11.9. The average Bonchev–Trinajstić information content (AvgIpc) is 2.29. The molecular formula is C13H12ClNO2. The highest BCUT2D eigenvalue weighted by Crippen LogP contribution is 2.30. The lowest BCUT2D eigenvalue weighted by molar-refractivity contribution is 0.107. The summed E-state index contributed by atoms with van der Waals surface area (Å²) in [5.41, 5.74) is 1.82. The highest BCUT2D eigenvalue weighted by atomic mass is 35.5. The second kappa shape index (κ2) is 4.72. The van der Waals surface area contributed by atoms with Crippen molar-refractivity contribution >= 4 is 27.7 Å². The third-order valence-corrected chi connectivity index (χ3v) is 2.69. The van der Waals surface area contributed by atoms with Crippen molar-refractivity contribution in [3.63, 3.8) is 0 Å². The molecule has 0 saturated heterocycles. The van der Waals surface area contributed by atoms with Gasteiger partial charge >= 0.3 is 0 Å². The molecule has 0 aliphatic carbocycles. The van der Waals surface area contributed by atoms with Crippen molar-refractivity contribution in [1.82, 2.24) is 4.98 Å². The largest absolute Gasteiger partial charge is 0.491 e. The SMILES string of the molecule is CCOc1c(C)nc2ccccc2c1C(=O)Cl. The number of hydrogen-bond acceptors (Lipinski definition) is 3. The van der Waals surface area contributed by atoms with Crippen molar-refractivity contribution in [3.8, 4) is 5.75 Å². The van der Waals surface area contributed by atoms with E-state index in [2.05, 4.69) is 4.98 Å². The van der Waals surface area contributed by atoms with E-state index < -0.39 is 5.24 Å². The number of para-hydroxylation sites is 1. The van der Waals surface area contributed by atoms with Crippen LogP contribution in [0.5, 0.6) is 5.75 Å². The molecule has 0 radical (unpaired) electrons. The molecule has 0 aliphatic rings. The first-order valence-electron chi connectivity index (χ1n) is 5.37. The predicted octanol–water partition coefficient (Wildman–Crippen LogP) is 3.32. The van der Waals surface area contributed by atoms with Crippen LogP contribution in [0.25, 0.3) is 10.9 Å². The zero-order chi connectivity index (χ0) is 12.4. The molecule has 0 amide bonds. The van der Waals surface area contributed by atoms with Gasteiger partial charge in [-0.3, -0.25) is 4.79 Å². The van der Waals surface area contributed by atoms with Gasteiger partial charge in [-0.2, -0.15) is 0 Å². The fourth-order valence-corrected chi connectivity index (χ4v) is 2.02. The summed E-state index contributed by atoms with van der Waals surface area (Å²) in [6.07, 6.45) is 0. The average molecular weight is 250 g/mol. The monoisotopic (exact) mass is 249 g/mol. The van der Waals surface area contributed by atoms with Gasteiger partial charge in [0.05, 0.1) is 23.4 Å². The number of ether oxygens (including phenoxy) is 1. The van der Waals surface area contributed by atoms with Crippen LogP contribution in [0, 0.1) is 6.92 Å². The van der Waals surface area contributed by atoms with Crippen molar-refractivity contribution < 1.29 is 9.53 Å². The number of carbonyl (C=O) groups is 1. The summed E-state index contributed by atoms with van der Waals surface area (Å²) in [6, 6.07) is 7.39. The second-order valence-corrected chi connectivity index (χ2v) is 3.97. The third kappa shape index (κ3) is 2.11. The molecule has 0 atom stereocenters. The molecule has 17 heavy (non-hydrogen) atoms. The van der Waals surface area contributed by atoms with E-state index in [1.165, 1.54) is 0 Å². The smallest absolute Gasteiger partial charge is 0.256 e. The van der Waals surface area contributed by atoms with Gasteiger partial charge in [0.2, 0.25) is 0 Å². The molecule has 4 heteroatoms. The van der Waals surface area contributed by atoms with Gasteiger partial charge in [-0.05, 0) is 31.5 Å². The highest BCUT2D eigenvalue weighted by molar-refractivity contribution is 6.69. The topological polar surface area (TPSA) is 39.2 Å². The van der Waals surface area contributed by atoms with E-state index in [1.54, 1.807) is 6.92 Å². The van der Waals surface area contributed by atoms with E-state index >= 15 is 0 Å². The fourth-order valence-electron chi connectivity index (χ4n) is 1.83. The van der Waals surface area contributed by atoms with Crippen LogP contribution in [0.3, 0.4) is 0 Å². The van der Waals surface area contributed by atoms with Crippen molar-refractivity contribution in [2.24, 2.45) is 0 Å². The Morgan fingerprint density at radius 3 is 2.76 bits per heavy atom. The van der Waals surface area contributed by atoms with Crippen LogP contribution in [-0.4, -0.2) is 16.8 Å². The first-order chi connectivity index (χ1) is 8.15. The molecular weight excluding hydrogens is 238 g/mol. The van der Waals surface area contributed by atoms with E-state index in [4.69, 9.17) is 16.3 Å². The fraction of sp³-hybridized carbons (Fsp3) is 0.231. The van der Waals surface area contributed by atoms with Crippen molar-refractivity contribution in [1.29, 1.82) is 0 Å². The Bertz CT molecular complexity index is 581. The van der Waals surface area contributed by atoms with Gasteiger partial charge in [0.25, 0.3) is 5.24 Å². The van der Waals surface area contributed by atoms with Crippen LogP contribution in [0.4, 0.5) is 0 Å². The minimum Gasteiger partial charge on any atom is -0.491 e. The van der Waals surface area contributed by atoms with Gasteiger partial charge in [-0.1, -0.05) is 18.2 Å². The summed E-state index contributed by atoms with van der Waals surface area (Å²) in [7, 11) is 0. The summed E-state index contributed by atoms with van der Waals surface area (Å²) in [5.74, 6) is 0.478. The number of aromatic nitrogens is 1. The van der Waals surface area contributed by atoms with Crippen LogP contribution in [0.1, 0.15) is 23.0 Å². The van der Waals surface area contributed by atoms with Gasteiger partial charge in [0.1, 0.15) is 0 Å². The molecule has 0 bridgehead atoms. The number of nitrogens with zero attached hydrogens (tertiary/aromatic N) is 1. The van der Waals surface area contributed by atoms with Crippen LogP contribution in [-0.2, 0) is 0 Å². The van der Waals surface area contributed by atoms with Crippen molar-refractivity contribution in [2.45, 2.75) is 13.8 Å². The lowest BCUT2D eigenvalue weighted by atomic mass is 10.1. The van der Waals surface area contributed by atoms with Gasteiger partial charge < -0.3 is 4.74 Å². The predicted molar refractivity (Wildman–Crippen MR) is 67.8 cm³/mol. The molecule has 0 spiro atoms. The number of rotatable bonds is 3. The minimum atomic E-state index is -0.518. The molecule has 0 fully saturated rings. The van der Waals surface area contributed by atoms with Crippen molar-refractivity contribution in [2.75, 3.05) is 6.61 Å². The van der Waals surface area contributed by atoms with Crippen LogP contribution in [0.15, 0.2) is 24.3 Å². The highest BCUT2D eigenvalue weighted by Gasteiger charge is 2.18. The quantitative estimate of drug-likeness (QED) is 0.784. The van der Waals surface area contributed by atoms with Gasteiger partial charge in [-0.25, -0.2) is 4.98 Å². The molecule has 2 aromatic rings. The Balaban J connectivity index is 2.83. The van der Waals surface area contributed by atoms with Crippen LogP contribution >= 0.6 is 11.6 Å². The van der Waals surface area contributed by atoms with Gasteiger partial charge in [-0.15, -0.1) is 0 Å². The molecule has 0 N–H and O–H groups in total. The molecule has 0 aliphatic heterocycles. The van der Waals surface area contributed by atoms with E-state index in [1.807, 2.05) is 31.2 Å². The Hall–Kier alpha value is -1.61. The summed E-state index contributed by atoms with van der Waals surface area (Å²) in [5, 5.41) is 0.205. The maximum absolute atomic E-state index is 11.6. The summed E-state index contributed by atoms with van der Waals surface area (Å²) in [6.45, 7) is 4.13. The summed E-state index contributed by atoms with van der Waals surface area (Å²) >= 11 is 5.65. The molecule has 2 rings (SSSR count). The Kier molecular flexibility index (Phi) is 3.29. The lowest BCUT2D eigenvalue weighted by Crippen LogP contribution is -2.04. The zero-order valence-corrected chi connectivity index (χ0v) is 10.4. The molecule has 0 unspecified atom stereocenters. The normalized spacial score (nSPS) is 10.5.